The molecule has 0 aliphatic rings. The number of carbonyl (C=O) groups is 4. The van der Waals surface area contributed by atoms with Crippen LogP contribution in [-0.4, -0.2) is 61.7 Å². The van der Waals surface area contributed by atoms with Gasteiger partial charge in [0.15, 0.2) is 0 Å². The van der Waals surface area contributed by atoms with Gasteiger partial charge in [-0.1, -0.05) is 36.8 Å². The largest absolute Gasteiger partial charge is 0.466 e. The van der Waals surface area contributed by atoms with Crippen molar-refractivity contribution in [1.82, 2.24) is 10.2 Å². The number of carbonyl (C=O) groups excluding carboxylic acids is 4. The number of hydrogen-bond acceptors (Lipinski definition) is 7. The molecule has 1 aromatic rings. The van der Waals surface area contributed by atoms with Crippen LogP contribution in [0.5, 0.6) is 0 Å². The molecule has 2 amide bonds. The van der Waals surface area contributed by atoms with Crippen molar-refractivity contribution in [3.05, 3.63) is 35.9 Å². The van der Waals surface area contributed by atoms with Crippen molar-refractivity contribution < 1.29 is 33.4 Å². The van der Waals surface area contributed by atoms with Gasteiger partial charge in [-0.2, -0.15) is 0 Å². The van der Waals surface area contributed by atoms with E-state index < -0.39 is 18.0 Å². The van der Waals surface area contributed by atoms with Gasteiger partial charge in [0, 0.05) is 19.5 Å². The Balaban J connectivity index is 2.26. The predicted molar refractivity (Wildman–Crippen MR) is 118 cm³/mol. The number of amides is 2. The summed E-state index contributed by atoms with van der Waals surface area (Å²) in [7, 11) is 0. The van der Waals surface area contributed by atoms with E-state index in [0.717, 1.165) is 12.0 Å². The summed E-state index contributed by atoms with van der Waals surface area (Å²) >= 11 is 0. The summed E-state index contributed by atoms with van der Waals surface area (Å²) in [5.74, 6) is -1.15. The molecule has 0 saturated heterocycles. The van der Waals surface area contributed by atoms with Crippen molar-refractivity contribution in [2.24, 2.45) is 0 Å². The second kappa shape index (κ2) is 16.6. The molecule has 9 nitrogen and oxygen atoms in total. The number of rotatable bonds is 15. The average molecular weight is 451 g/mol. The normalized spacial score (nSPS) is 10.2. The highest BCUT2D eigenvalue weighted by molar-refractivity contribution is 5.82. The molecule has 0 aliphatic heterocycles. The first kappa shape index (κ1) is 26.9. The Morgan fingerprint density at radius 1 is 0.844 bits per heavy atom. The van der Waals surface area contributed by atoms with Gasteiger partial charge in [-0.3, -0.25) is 14.4 Å². The van der Waals surface area contributed by atoms with Crippen molar-refractivity contribution in [2.45, 2.75) is 52.6 Å². The van der Waals surface area contributed by atoms with Crippen LogP contribution in [0.25, 0.3) is 0 Å². The maximum absolute atomic E-state index is 12.5. The third kappa shape index (κ3) is 12.6. The molecular formula is C23H34N2O7. The standard InChI is InChI=1S/C23H34N2O7/c1-3-30-21(27)14-16-25(17-22(28)31-4-2)20(26)13-9-6-10-15-24-23(29)32-18-19-11-7-5-8-12-19/h5,7-8,11-12H,3-4,6,9-10,13-18H2,1-2H3,(H,24,29). The number of ether oxygens (including phenoxy) is 3. The third-order valence-electron chi connectivity index (χ3n) is 4.42. The fourth-order valence-electron chi connectivity index (χ4n) is 2.81. The first-order chi connectivity index (χ1) is 15.5. The van der Waals surface area contributed by atoms with Gasteiger partial charge in [0.1, 0.15) is 13.2 Å². The first-order valence-electron chi connectivity index (χ1n) is 11.0. The number of benzene rings is 1. The summed E-state index contributed by atoms with van der Waals surface area (Å²) in [6.07, 6.45) is 1.78. The third-order valence-corrected chi connectivity index (χ3v) is 4.42. The molecule has 0 aliphatic carbocycles. The Hall–Kier alpha value is -3.10. The second-order valence-electron chi connectivity index (χ2n) is 6.97. The lowest BCUT2D eigenvalue weighted by molar-refractivity contribution is -0.150. The lowest BCUT2D eigenvalue weighted by Gasteiger charge is -2.21. The predicted octanol–water partition coefficient (Wildman–Crippen LogP) is 2.82. The van der Waals surface area contributed by atoms with E-state index in [1.54, 1.807) is 13.8 Å². The van der Waals surface area contributed by atoms with Crippen molar-refractivity contribution in [2.75, 3.05) is 32.8 Å². The number of alkyl carbamates (subject to hydrolysis) is 1. The average Bonchev–Trinajstić information content (AvgIpc) is 2.78. The van der Waals surface area contributed by atoms with Gasteiger partial charge in [0.05, 0.1) is 19.6 Å². The van der Waals surface area contributed by atoms with Gasteiger partial charge in [-0.15, -0.1) is 0 Å². The van der Waals surface area contributed by atoms with E-state index in [2.05, 4.69) is 5.32 Å². The Bertz CT molecular complexity index is 710. The van der Waals surface area contributed by atoms with E-state index in [9.17, 15) is 19.2 Å². The SMILES string of the molecule is CCOC(=O)CCN(CC(=O)OCC)C(=O)CCCCCNC(=O)OCc1ccccc1. The molecule has 0 spiro atoms. The fraction of sp³-hybridized carbons (Fsp3) is 0.565. The molecule has 32 heavy (non-hydrogen) atoms. The quantitative estimate of drug-likeness (QED) is 0.248. The first-order valence-corrected chi connectivity index (χ1v) is 11.0. The van der Waals surface area contributed by atoms with Crippen LogP contribution in [-0.2, 0) is 35.2 Å². The van der Waals surface area contributed by atoms with Gasteiger partial charge in [0.25, 0.3) is 0 Å². The van der Waals surface area contributed by atoms with E-state index in [-0.39, 0.29) is 51.7 Å². The highest BCUT2D eigenvalue weighted by atomic mass is 16.5. The van der Waals surface area contributed by atoms with E-state index in [0.29, 0.717) is 19.4 Å². The van der Waals surface area contributed by atoms with Gasteiger partial charge in [0.2, 0.25) is 5.91 Å². The van der Waals surface area contributed by atoms with Crippen LogP contribution in [0, 0.1) is 0 Å². The monoisotopic (exact) mass is 450 g/mol. The maximum atomic E-state index is 12.5. The Kier molecular flexibility index (Phi) is 14.0. The van der Waals surface area contributed by atoms with Gasteiger partial charge >= 0.3 is 18.0 Å². The van der Waals surface area contributed by atoms with Crippen LogP contribution < -0.4 is 5.32 Å². The summed E-state index contributed by atoms with van der Waals surface area (Å²) in [5, 5.41) is 2.68. The maximum Gasteiger partial charge on any atom is 0.407 e. The van der Waals surface area contributed by atoms with Crippen molar-refractivity contribution in [1.29, 1.82) is 0 Å². The minimum Gasteiger partial charge on any atom is -0.466 e. The van der Waals surface area contributed by atoms with Crippen LogP contribution in [0.2, 0.25) is 0 Å². The number of unbranched alkanes of at least 4 members (excludes halogenated alkanes) is 2. The highest BCUT2D eigenvalue weighted by Crippen LogP contribution is 2.06. The van der Waals surface area contributed by atoms with Gasteiger partial charge in [-0.25, -0.2) is 4.79 Å². The smallest absolute Gasteiger partial charge is 0.407 e. The fourth-order valence-corrected chi connectivity index (χ4v) is 2.81. The number of hydrogen-bond donors (Lipinski definition) is 1. The van der Waals surface area contributed by atoms with E-state index in [1.807, 2.05) is 30.3 Å². The minimum atomic E-state index is -0.511. The van der Waals surface area contributed by atoms with Gasteiger partial charge in [-0.05, 0) is 32.3 Å². The van der Waals surface area contributed by atoms with Crippen LogP contribution in [0.1, 0.15) is 51.5 Å². The van der Waals surface area contributed by atoms with Crippen LogP contribution in [0.3, 0.4) is 0 Å². The molecule has 0 saturated carbocycles. The molecule has 0 aromatic heterocycles. The van der Waals surface area contributed by atoms with Crippen molar-refractivity contribution in [3.8, 4) is 0 Å². The van der Waals surface area contributed by atoms with Gasteiger partial charge < -0.3 is 24.4 Å². The number of esters is 2. The minimum absolute atomic E-state index is 0.0218. The molecule has 0 radical (unpaired) electrons. The molecule has 1 aromatic carbocycles. The molecule has 178 valence electrons. The Labute approximate surface area is 189 Å². The molecule has 0 heterocycles. The highest BCUT2D eigenvalue weighted by Gasteiger charge is 2.19. The molecule has 0 bridgehead atoms. The molecule has 9 heteroatoms. The molecule has 1 N–H and O–H groups in total. The Morgan fingerprint density at radius 2 is 1.53 bits per heavy atom. The molecular weight excluding hydrogens is 416 g/mol. The van der Waals surface area contributed by atoms with Crippen molar-refractivity contribution in [3.63, 3.8) is 0 Å². The summed E-state index contributed by atoms with van der Waals surface area (Å²) in [5.41, 5.74) is 0.913. The summed E-state index contributed by atoms with van der Waals surface area (Å²) in [4.78, 5) is 48.9. The zero-order chi connectivity index (χ0) is 23.6. The lowest BCUT2D eigenvalue weighted by atomic mass is 10.1. The van der Waals surface area contributed by atoms with Crippen LogP contribution in [0.15, 0.2) is 30.3 Å². The molecule has 0 fully saturated rings. The number of nitrogens with zero attached hydrogens (tertiary/aromatic N) is 1. The lowest BCUT2D eigenvalue weighted by Crippen LogP contribution is -2.38. The van der Waals surface area contributed by atoms with E-state index in [1.165, 1.54) is 4.90 Å². The van der Waals surface area contributed by atoms with E-state index >= 15 is 0 Å². The molecule has 0 unspecified atom stereocenters. The van der Waals surface area contributed by atoms with Crippen LogP contribution >= 0.6 is 0 Å². The zero-order valence-corrected chi connectivity index (χ0v) is 19.0. The summed E-state index contributed by atoms with van der Waals surface area (Å²) in [6.45, 7) is 4.44. The van der Waals surface area contributed by atoms with Crippen LogP contribution in [0.4, 0.5) is 4.79 Å². The Morgan fingerprint density at radius 3 is 2.22 bits per heavy atom. The van der Waals surface area contributed by atoms with E-state index in [4.69, 9.17) is 14.2 Å². The zero-order valence-electron chi connectivity index (χ0n) is 19.0. The van der Waals surface area contributed by atoms with Crippen molar-refractivity contribution >= 4 is 23.9 Å². The summed E-state index contributed by atoms with van der Waals surface area (Å²) < 4.78 is 14.9. The number of nitrogens with one attached hydrogen (secondary N) is 1. The second-order valence-corrected chi connectivity index (χ2v) is 6.97. The summed E-state index contributed by atoms with van der Waals surface area (Å²) in [6, 6.07) is 9.40. The topological polar surface area (TPSA) is 111 Å². The molecule has 1 rings (SSSR count). The molecule has 0 atom stereocenters.